The van der Waals surface area contributed by atoms with Gasteiger partial charge in [0.25, 0.3) is 0 Å². The Morgan fingerprint density at radius 2 is 1.96 bits per heavy atom. The number of para-hydroxylation sites is 2. The Balaban J connectivity index is 1.84. The van der Waals surface area contributed by atoms with E-state index >= 15 is 0 Å². The molecule has 0 aliphatic carbocycles. The second-order valence-electron chi connectivity index (χ2n) is 5.68. The number of rotatable bonds is 6. The van der Waals surface area contributed by atoms with Crippen LogP contribution >= 0.6 is 0 Å². The molecule has 0 radical (unpaired) electrons. The lowest BCUT2D eigenvalue weighted by molar-refractivity contribution is -0.153. The molecular formula is C16H21F3N2O2. The third kappa shape index (κ3) is 6.48. The maximum absolute atomic E-state index is 12.2. The van der Waals surface area contributed by atoms with Gasteiger partial charge in [0.1, 0.15) is 5.75 Å². The maximum Gasteiger partial charge on any atom is 0.422 e. The number of nitrogens with one attached hydrogen (secondary N) is 2. The number of amides is 1. The van der Waals surface area contributed by atoms with E-state index in [1.165, 1.54) is 12.1 Å². The summed E-state index contributed by atoms with van der Waals surface area (Å²) in [6, 6.07) is 6.15. The van der Waals surface area contributed by atoms with Gasteiger partial charge in [-0.1, -0.05) is 12.1 Å². The number of hydrogen-bond donors (Lipinski definition) is 2. The first-order valence-corrected chi connectivity index (χ1v) is 7.73. The molecular weight excluding hydrogens is 309 g/mol. The first-order chi connectivity index (χ1) is 10.9. The standard InChI is InChI=1S/C16H21F3N2O2/c17-16(18,19)11-23-14-4-2-1-3-13(14)21-15(22)6-5-12-7-9-20-10-8-12/h1-4,12,20H,5-11H2,(H,21,22). The fourth-order valence-corrected chi connectivity index (χ4v) is 2.57. The Bertz CT molecular complexity index is 514. The van der Waals surface area contributed by atoms with Crippen molar-refractivity contribution < 1.29 is 22.7 Å². The van der Waals surface area contributed by atoms with Gasteiger partial charge in [-0.25, -0.2) is 0 Å². The zero-order valence-corrected chi connectivity index (χ0v) is 12.8. The van der Waals surface area contributed by atoms with Gasteiger partial charge in [-0.05, 0) is 50.4 Å². The summed E-state index contributed by atoms with van der Waals surface area (Å²) >= 11 is 0. The molecule has 1 aromatic rings. The van der Waals surface area contributed by atoms with Crippen LogP contribution in [0.25, 0.3) is 0 Å². The van der Waals surface area contributed by atoms with Crippen molar-refractivity contribution in [2.75, 3.05) is 25.0 Å². The first-order valence-electron chi connectivity index (χ1n) is 7.73. The Hall–Kier alpha value is -1.76. The van der Waals surface area contributed by atoms with E-state index in [-0.39, 0.29) is 17.3 Å². The molecule has 0 saturated carbocycles. The predicted octanol–water partition coefficient (Wildman–Crippen LogP) is 3.35. The normalized spacial score (nSPS) is 16.1. The van der Waals surface area contributed by atoms with Gasteiger partial charge >= 0.3 is 6.18 Å². The topological polar surface area (TPSA) is 50.4 Å². The van der Waals surface area contributed by atoms with Crippen molar-refractivity contribution >= 4 is 11.6 Å². The molecule has 0 atom stereocenters. The molecule has 23 heavy (non-hydrogen) atoms. The van der Waals surface area contributed by atoms with Crippen molar-refractivity contribution in [3.63, 3.8) is 0 Å². The SMILES string of the molecule is O=C(CCC1CCNCC1)Nc1ccccc1OCC(F)(F)F. The zero-order valence-electron chi connectivity index (χ0n) is 12.8. The molecule has 1 aliphatic heterocycles. The molecule has 2 rings (SSSR count). The van der Waals surface area contributed by atoms with Gasteiger partial charge in [0, 0.05) is 6.42 Å². The average molecular weight is 330 g/mol. The van der Waals surface area contributed by atoms with Crippen molar-refractivity contribution in [1.29, 1.82) is 0 Å². The van der Waals surface area contributed by atoms with Crippen molar-refractivity contribution in [2.45, 2.75) is 31.9 Å². The molecule has 128 valence electrons. The van der Waals surface area contributed by atoms with E-state index in [2.05, 4.69) is 10.6 Å². The Labute approximate surface area is 133 Å². The number of piperidine rings is 1. The molecule has 0 spiro atoms. The molecule has 1 heterocycles. The minimum Gasteiger partial charge on any atom is -0.482 e. The van der Waals surface area contributed by atoms with Crippen LogP contribution in [-0.2, 0) is 4.79 Å². The maximum atomic E-state index is 12.2. The first kappa shape index (κ1) is 17.6. The fourth-order valence-electron chi connectivity index (χ4n) is 2.57. The van der Waals surface area contributed by atoms with Crippen LogP contribution in [0.15, 0.2) is 24.3 Å². The number of carbonyl (C=O) groups is 1. The molecule has 0 unspecified atom stereocenters. The number of ether oxygens (including phenoxy) is 1. The minimum absolute atomic E-state index is 0.0278. The van der Waals surface area contributed by atoms with Crippen molar-refractivity contribution in [3.8, 4) is 5.75 Å². The average Bonchev–Trinajstić information content (AvgIpc) is 2.52. The Kier molecular flexibility index (Phi) is 6.27. The summed E-state index contributed by atoms with van der Waals surface area (Å²) in [6.07, 6.45) is -1.15. The van der Waals surface area contributed by atoms with Gasteiger partial charge in [0.05, 0.1) is 5.69 Å². The number of benzene rings is 1. The molecule has 1 aliphatic rings. The second kappa shape index (κ2) is 8.19. The number of alkyl halides is 3. The van der Waals surface area contributed by atoms with Crippen LogP contribution in [0.2, 0.25) is 0 Å². The van der Waals surface area contributed by atoms with Crippen LogP contribution in [0, 0.1) is 5.92 Å². The van der Waals surface area contributed by atoms with Gasteiger partial charge in [0.15, 0.2) is 6.61 Å². The molecule has 1 aromatic carbocycles. The van der Waals surface area contributed by atoms with Crippen molar-refractivity contribution in [2.24, 2.45) is 5.92 Å². The third-order valence-electron chi connectivity index (χ3n) is 3.79. The van der Waals surface area contributed by atoms with E-state index in [0.717, 1.165) is 32.4 Å². The highest BCUT2D eigenvalue weighted by Gasteiger charge is 2.28. The highest BCUT2D eigenvalue weighted by molar-refractivity contribution is 5.92. The van der Waals surface area contributed by atoms with E-state index in [1.54, 1.807) is 12.1 Å². The summed E-state index contributed by atoms with van der Waals surface area (Å²) in [7, 11) is 0. The summed E-state index contributed by atoms with van der Waals surface area (Å²) < 4.78 is 41.5. The molecule has 2 N–H and O–H groups in total. The minimum atomic E-state index is -4.41. The molecule has 1 saturated heterocycles. The van der Waals surface area contributed by atoms with Crippen molar-refractivity contribution in [1.82, 2.24) is 5.32 Å². The highest BCUT2D eigenvalue weighted by atomic mass is 19.4. The summed E-state index contributed by atoms with van der Waals surface area (Å²) in [6.45, 7) is 0.565. The number of carbonyl (C=O) groups excluding carboxylic acids is 1. The quantitative estimate of drug-likeness (QED) is 0.841. The monoisotopic (exact) mass is 330 g/mol. The van der Waals surface area contributed by atoms with Gasteiger partial charge in [0.2, 0.25) is 5.91 Å². The Morgan fingerprint density at radius 1 is 1.26 bits per heavy atom. The van der Waals surface area contributed by atoms with E-state index in [9.17, 15) is 18.0 Å². The van der Waals surface area contributed by atoms with E-state index in [4.69, 9.17) is 4.74 Å². The van der Waals surface area contributed by atoms with Crippen molar-refractivity contribution in [3.05, 3.63) is 24.3 Å². The molecule has 1 fully saturated rings. The van der Waals surface area contributed by atoms with Crippen LogP contribution in [-0.4, -0.2) is 31.8 Å². The summed E-state index contributed by atoms with van der Waals surface area (Å²) in [5.41, 5.74) is 0.270. The van der Waals surface area contributed by atoms with Crippen LogP contribution in [0.4, 0.5) is 18.9 Å². The Morgan fingerprint density at radius 3 is 2.65 bits per heavy atom. The number of hydrogen-bond acceptors (Lipinski definition) is 3. The van der Waals surface area contributed by atoms with E-state index in [1.807, 2.05) is 0 Å². The lowest BCUT2D eigenvalue weighted by Crippen LogP contribution is -2.28. The number of anilines is 1. The fraction of sp³-hybridized carbons (Fsp3) is 0.562. The lowest BCUT2D eigenvalue weighted by Gasteiger charge is -2.22. The van der Waals surface area contributed by atoms with Gasteiger partial charge in [-0.3, -0.25) is 4.79 Å². The van der Waals surface area contributed by atoms with Crippen LogP contribution in [0.5, 0.6) is 5.75 Å². The summed E-state index contributed by atoms with van der Waals surface area (Å²) in [5, 5.41) is 5.91. The second-order valence-corrected chi connectivity index (χ2v) is 5.68. The van der Waals surface area contributed by atoms with Crippen LogP contribution in [0.3, 0.4) is 0 Å². The summed E-state index contributed by atoms with van der Waals surface area (Å²) in [4.78, 5) is 12.0. The molecule has 4 nitrogen and oxygen atoms in total. The zero-order chi connectivity index (χ0) is 16.7. The van der Waals surface area contributed by atoms with E-state index < -0.39 is 12.8 Å². The molecule has 0 aromatic heterocycles. The largest absolute Gasteiger partial charge is 0.482 e. The molecule has 0 bridgehead atoms. The van der Waals surface area contributed by atoms with Gasteiger partial charge in [-0.2, -0.15) is 13.2 Å². The van der Waals surface area contributed by atoms with Crippen LogP contribution in [0.1, 0.15) is 25.7 Å². The lowest BCUT2D eigenvalue weighted by atomic mass is 9.93. The smallest absolute Gasteiger partial charge is 0.422 e. The van der Waals surface area contributed by atoms with Gasteiger partial charge < -0.3 is 15.4 Å². The third-order valence-corrected chi connectivity index (χ3v) is 3.79. The number of halogens is 3. The summed E-state index contributed by atoms with van der Waals surface area (Å²) in [5.74, 6) is 0.352. The molecule has 1 amide bonds. The predicted molar refractivity (Wildman–Crippen MR) is 81.4 cm³/mol. The van der Waals surface area contributed by atoms with Crippen LogP contribution < -0.4 is 15.4 Å². The van der Waals surface area contributed by atoms with Gasteiger partial charge in [-0.15, -0.1) is 0 Å². The van der Waals surface area contributed by atoms with E-state index in [0.29, 0.717) is 12.3 Å². The molecule has 7 heteroatoms. The highest BCUT2D eigenvalue weighted by Crippen LogP contribution is 2.27.